The van der Waals surface area contributed by atoms with Gasteiger partial charge in [-0.15, -0.1) is 0 Å². The summed E-state index contributed by atoms with van der Waals surface area (Å²) in [4.78, 5) is 17.1. The maximum absolute atomic E-state index is 12.4. The van der Waals surface area contributed by atoms with Crippen molar-refractivity contribution in [2.75, 3.05) is 37.6 Å². The number of benzene rings is 2. The van der Waals surface area contributed by atoms with Crippen LogP contribution in [0.15, 0.2) is 46.9 Å². The van der Waals surface area contributed by atoms with Crippen LogP contribution >= 0.6 is 15.9 Å². The van der Waals surface area contributed by atoms with Crippen molar-refractivity contribution in [3.05, 3.63) is 63.6 Å². The number of ketones is 1. The molecule has 1 heterocycles. The molecule has 0 atom stereocenters. The molecule has 0 radical (unpaired) electrons. The van der Waals surface area contributed by atoms with Crippen LogP contribution in [0, 0.1) is 13.8 Å². The average Bonchev–Trinajstić information content (AvgIpc) is 2.59. The normalized spacial score (nSPS) is 15.5. The van der Waals surface area contributed by atoms with Gasteiger partial charge in [0.2, 0.25) is 0 Å². The van der Waals surface area contributed by atoms with E-state index in [4.69, 9.17) is 0 Å². The Morgan fingerprint density at radius 2 is 1.67 bits per heavy atom. The molecule has 1 aliphatic rings. The Morgan fingerprint density at radius 3 is 2.33 bits per heavy atom. The largest absolute Gasteiger partial charge is 0.369 e. The molecule has 3 nitrogen and oxygen atoms in total. The second-order valence-corrected chi connectivity index (χ2v) is 7.33. The number of hydrogen-bond acceptors (Lipinski definition) is 3. The topological polar surface area (TPSA) is 23.6 Å². The molecule has 1 saturated heterocycles. The van der Waals surface area contributed by atoms with Gasteiger partial charge in [-0.3, -0.25) is 9.69 Å². The van der Waals surface area contributed by atoms with Crippen LogP contribution in [0.3, 0.4) is 0 Å². The van der Waals surface area contributed by atoms with Gasteiger partial charge in [0.1, 0.15) is 0 Å². The molecule has 126 valence electrons. The van der Waals surface area contributed by atoms with E-state index in [-0.39, 0.29) is 5.78 Å². The molecule has 0 spiro atoms. The van der Waals surface area contributed by atoms with Crippen molar-refractivity contribution in [1.29, 1.82) is 0 Å². The minimum absolute atomic E-state index is 0.197. The summed E-state index contributed by atoms with van der Waals surface area (Å²) in [6.07, 6.45) is 0. The van der Waals surface area contributed by atoms with Crippen LogP contribution in [-0.2, 0) is 0 Å². The van der Waals surface area contributed by atoms with Crippen LogP contribution in [-0.4, -0.2) is 43.4 Å². The highest BCUT2D eigenvalue weighted by Crippen LogP contribution is 2.24. The lowest BCUT2D eigenvalue weighted by atomic mass is 10.1. The molecular weight excluding hydrogens is 364 g/mol. The van der Waals surface area contributed by atoms with E-state index in [9.17, 15) is 4.79 Å². The standard InChI is InChI=1S/C20H23BrN2O/c1-15-4-3-5-19(16(15)2)23-12-10-22(11-13-23)14-20(24)17-6-8-18(21)9-7-17/h3-9H,10-14H2,1-2H3. The third-order valence-electron chi connectivity index (χ3n) is 4.82. The smallest absolute Gasteiger partial charge is 0.176 e. The van der Waals surface area contributed by atoms with Crippen molar-refractivity contribution >= 4 is 27.4 Å². The zero-order valence-corrected chi connectivity index (χ0v) is 15.8. The fraction of sp³-hybridized carbons (Fsp3) is 0.350. The summed E-state index contributed by atoms with van der Waals surface area (Å²) in [5, 5.41) is 0. The van der Waals surface area contributed by atoms with E-state index in [2.05, 4.69) is 57.8 Å². The number of aryl methyl sites for hydroxylation is 1. The van der Waals surface area contributed by atoms with Crippen molar-refractivity contribution < 1.29 is 4.79 Å². The van der Waals surface area contributed by atoms with Gasteiger partial charge < -0.3 is 4.90 Å². The van der Waals surface area contributed by atoms with Gasteiger partial charge in [0, 0.05) is 41.9 Å². The quantitative estimate of drug-likeness (QED) is 0.739. The van der Waals surface area contributed by atoms with E-state index in [0.717, 1.165) is 36.2 Å². The zero-order valence-electron chi connectivity index (χ0n) is 14.3. The second kappa shape index (κ2) is 7.49. The Hall–Kier alpha value is -1.65. The van der Waals surface area contributed by atoms with Gasteiger partial charge in [-0.2, -0.15) is 0 Å². The Kier molecular flexibility index (Phi) is 5.36. The van der Waals surface area contributed by atoms with Gasteiger partial charge in [-0.05, 0) is 43.2 Å². The fourth-order valence-electron chi connectivity index (χ4n) is 3.16. The molecule has 24 heavy (non-hydrogen) atoms. The molecule has 1 aliphatic heterocycles. The van der Waals surface area contributed by atoms with Gasteiger partial charge in [-0.25, -0.2) is 0 Å². The molecule has 0 amide bonds. The highest BCUT2D eigenvalue weighted by Gasteiger charge is 2.20. The third kappa shape index (κ3) is 3.87. The van der Waals surface area contributed by atoms with Crippen molar-refractivity contribution in [1.82, 2.24) is 4.90 Å². The predicted octanol–water partition coefficient (Wildman–Crippen LogP) is 4.07. The van der Waals surface area contributed by atoms with E-state index in [1.807, 2.05) is 24.3 Å². The van der Waals surface area contributed by atoms with Crippen LogP contribution < -0.4 is 4.90 Å². The highest BCUT2D eigenvalue weighted by molar-refractivity contribution is 9.10. The number of halogens is 1. The van der Waals surface area contributed by atoms with E-state index in [0.29, 0.717) is 6.54 Å². The van der Waals surface area contributed by atoms with Gasteiger partial charge in [-0.1, -0.05) is 40.2 Å². The predicted molar refractivity (Wildman–Crippen MR) is 103 cm³/mol. The summed E-state index contributed by atoms with van der Waals surface area (Å²) >= 11 is 3.41. The zero-order chi connectivity index (χ0) is 17.1. The Bertz CT molecular complexity index is 719. The minimum Gasteiger partial charge on any atom is -0.369 e. The number of carbonyl (C=O) groups excluding carboxylic acids is 1. The average molecular weight is 387 g/mol. The molecule has 1 fully saturated rings. The molecule has 2 aromatic rings. The Labute approximate surface area is 152 Å². The lowest BCUT2D eigenvalue weighted by molar-refractivity contribution is 0.0926. The van der Waals surface area contributed by atoms with Crippen molar-refractivity contribution in [3.63, 3.8) is 0 Å². The van der Waals surface area contributed by atoms with Crippen LogP contribution in [0.25, 0.3) is 0 Å². The summed E-state index contributed by atoms with van der Waals surface area (Å²) in [7, 11) is 0. The Morgan fingerprint density at radius 1 is 1.00 bits per heavy atom. The van der Waals surface area contributed by atoms with E-state index in [1.54, 1.807) is 0 Å². The number of anilines is 1. The molecule has 4 heteroatoms. The summed E-state index contributed by atoms with van der Waals surface area (Å²) in [6, 6.07) is 14.1. The first kappa shape index (κ1) is 17.2. The van der Waals surface area contributed by atoms with Crippen LogP contribution in [0.1, 0.15) is 21.5 Å². The highest BCUT2D eigenvalue weighted by atomic mass is 79.9. The molecule has 0 unspecified atom stereocenters. The van der Waals surface area contributed by atoms with Crippen LogP contribution in [0.5, 0.6) is 0 Å². The van der Waals surface area contributed by atoms with Gasteiger partial charge >= 0.3 is 0 Å². The first-order valence-corrected chi connectivity index (χ1v) is 9.16. The van der Waals surface area contributed by atoms with Crippen molar-refractivity contribution in [3.8, 4) is 0 Å². The first-order chi connectivity index (χ1) is 11.5. The number of hydrogen-bond donors (Lipinski definition) is 0. The fourth-order valence-corrected chi connectivity index (χ4v) is 3.42. The maximum atomic E-state index is 12.4. The molecule has 3 rings (SSSR count). The number of nitrogens with zero attached hydrogens (tertiary/aromatic N) is 2. The molecule has 0 aromatic heterocycles. The van der Waals surface area contributed by atoms with Gasteiger partial charge in [0.25, 0.3) is 0 Å². The molecule has 0 bridgehead atoms. The van der Waals surface area contributed by atoms with E-state index in [1.165, 1.54) is 16.8 Å². The molecule has 0 aliphatic carbocycles. The van der Waals surface area contributed by atoms with Crippen LogP contribution in [0.2, 0.25) is 0 Å². The monoisotopic (exact) mass is 386 g/mol. The van der Waals surface area contributed by atoms with Crippen molar-refractivity contribution in [2.45, 2.75) is 13.8 Å². The summed E-state index contributed by atoms with van der Waals surface area (Å²) in [5.41, 5.74) is 4.81. The number of rotatable bonds is 4. The lowest BCUT2D eigenvalue weighted by Gasteiger charge is -2.36. The van der Waals surface area contributed by atoms with E-state index < -0.39 is 0 Å². The third-order valence-corrected chi connectivity index (χ3v) is 5.35. The van der Waals surface area contributed by atoms with Gasteiger partial charge in [0.05, 0.1) is 6.54 Å². The van der Waals surface area contributed by atoms with Crippen molar-refractivity contribution in [2.24, 2.45) is 0 Å². The number of carbonyl (C=O) groups is 1. The molecule has 2 aromatic carbocycles. The van der Waals surface area contributed by atoms with E-state index >= 15 is 0 Å². The first-order valence-electron chi connectivity index (χ1n) is 8.37. The summed E-state index contributed by atoms with van der Waals surface area (Å²) in [6.45, 7) is 8.64. The summed E-state index contributed by atoms with van der Waals surface area (Å²) in [5.74, 6) is 0.197. The molecule has 0 N–H and O–H groups in total. The lowest BCUT2D eigenvalue weighted by Crippen LogP contribution is -2.48. The second-order valence-electron chi connectivity index (χ2n) is 6.41. The number of piperazine rings is 1. The summed E-state index contributed by atoms with van der Waals surface area (Å²) < 4.78 is 1.00. The van der Waals surface area contributed by atoms with Crippen LogP contribution in [0.4, 0.5) is 5.69 Å². The van der Waals surface area contributed by atoms with Gasteiger partial charge in [0.15, 0.2) is 5.78 Å². The SMILES string of the molecule is Cc1cccc(N2CCN(CC(=O)c3ccc(Br)cc3)CC2)c1C. The molecule has 0 saturated carbocycles. The maximum Gasteiger partial charge on any atom is 0.176 e. The molecular formula is C20H23BrN2O. The Balaban J connectivity index is 1.58. The number of Topliss-reactive ketones (excluding diaryl/α,β-unsaturated/α-hetero) is 1. The minimum atomic E-state index is 0.197.